The molecule has 1 aliphatic heterocycles. The van der Waals surface area contributed by atoms with E-state index in [1.54, 1.807) is 0 Å². The van der Waals surface area contributed by atoms with Gasteiger partial charge in [0.05, 0.1) is 0 Å². The number of benzene rings is 1. The van der Waals surface area contributed by atoms with E-state index in [1.807, 2.05) is 0 Å². The fraction of sp³-hybridized carbons (Fsp3) is 0.667. The lowest BCUT2D eigenvalue weighted by Gasteiger charge is -2.21. The third kappa shape index (κ3) is 4.07. The number of hydrogen-bond acceptors (Lipinski definition) is 2. The minimum absolute atomic E-state index is 0.453. The van der Waals surface area contributed by atoms with Crippen LogP contribution in [0.25, 0.3) is 0 Å². The lowest BCUT2D eigenvalue weighted by Crippen LogP contribution is -2.26. The van der Waals surface area contributed by atoms with Crippen LogP contribution in [0.15, 0.2) is 12.1 Å². The molecule has 1 fully saturated rings. The number of rotatable bonds is 6. The zero-order valence-electron chi connectivity index (χ0n) is 13.6. The maximum absolute atomic E-state index is 3.70. The van der Waals surface area contributed by atoms with Crippen LogP contribution in [-0.4, -0.2) is 31.1 Å². The van der Waals surface area contributed by atoms with Gasteiger partial charge in [-0.25, -0.2) is 0 Å². The summed E-state index contributed by atoms with van der Waals surface area (Å²) in [6, 6.07) is 5.05. The normalized spacial score (nSPS) is 17.6. The smallest absolute Gasteiger partial charge is 0.0297 e. The summed E-state index contributed by atoms with van der Waals surface area (Å²) in [7, 11) is 0. The molecule has 0 bridgehead atoms. The molecule has 0 aromatic heterocycles. The number of aryl methyl sites for hydroxylation is 3. The topological polar surface area (TPSA) is 15.3 Å². The lowest BCUT2D eigenvalue weighted by atomic mass is 9.95. The minimum Gasteiger partial charge on any atom is -0.310 e. The van der Waals surface area contributed by atoms with E-state index in [4.69, 9.17) is 0 Å². The fourth-order valence-corrected chi connectivity index (χ4v) is 3.60. The van der Waals surface area contributed by atoms with Gasteiger partial charge in [0.1, 0.15) is 0 Å². The van der Waals surface area contributed by atoms with Crippen LogP contribution in [-0.2, 0) is 0 Å². The second kappa shape index (κ2) is 7.24. The summed E-state index contributed by atoms with van der Waals surface area (Å²) in [5.74, 6) is 0. The first kappa shape index (κ1) is 15.5. The molecule has 2 rings (SSSR count). The third-order valence-electron chi connectivity index (χ3n) is 4.47. The van der Waals surface area contributed by atoms with E-state index in [2.05, 4.69) is 50.0 Å². The molecule has 20 heavy (non-hydrogen) atoms. The van der Waals surface area contributed by atoms with E-state index in [9.17, 15) is 0 Å². The Morgan fingerprint density at radius 1 is 1.10 bits per heavy atom. The third-order valence-corrected chi connectivity index (χ3v) is 4.47. The molecule has 0 aliphatic carbocycles. The highest BCUT2D eigenvalue weighted by Gasteiger charge is 2.13. The van der Waals surface area contributed by atoms with E-state index in [-0.39, 0.29) is 0 Å². The molecule has 1 aliphatic rings. The van der Waals surface area contributed by atoms with Crippen molar-refractivity contribution in [2.24, 2.45) is 0 Å². The Bertz CT molecular complexity index is 410. The molecule has 112 valence electrons. The number of hydrogen-bond donors (Lipinski definition) is 1. The van der Waals surface area contributed by atoms with Gasteiger partial charge in [-0.2, -0.15) is 0 Å². The molecule has 2 nitrogen and oxygen atoms in total. The standard InChI is InChI=1S/C18H30N2/c1-14-12-15(2)18(16(3)13-14)17(4)19-8-7-11-20-9-5-6-10-20/h12-13,17,19H,5-11H2,1-4H3. The molecule has 0 saturated carbocycles. The Balaban J connectivity index is 1.80. The molecule has 1 atom stereocenters. The Morgan fingerprint density at radius 3 is 2.30 bits per heavy atom. The molecular weight excluding hydrogens is 244 g/mol. The SMILES string of the molecule is Cc1cc(C)c(C(C)NCCCN2CCCC2)c(C)c1. The average molecular weight is 274 g/mol. The van der Waals surface area contributed by atoms with Crippen LogP contribution in [0.1, 0.15) is 54.5 Å². The second-order valence-electron chi connectivity index (χ2n) is 6.39. The monoisotopic (exact) mass is 274 g/mol. The van der Waals surface area contributed by atoms with Gasteiger partial charge in [-0.3, -0.25) is 0 Å². The van der Waals surface area contributed by atoms with Crippen molar-refractivity contribution in [1.29, 1.82) is 0 Å². The first-order valence-electron chi connectivity index (χ1n) is 8.11. The van der Waals surface area contributed by atoms with Gasteiger partial charge in [-0.1, -0.05) is 17.7 Å². The van der Waals surface area contributed by atoms with E-state index in [0.29, 0.717) is 6.04 Å². The second-order valence-corrected chi connectivity index (χ2v) is 6.39. The average Bonchev–Trinajstić information content (AvgIpc) is 2.86. The largest absolute Gasteiger partial charge is 0.310 e. The summed E-state index contributed by atoms with van der Waals surface area (Å²) in [5, 5.41) is 3.70. The predicted molar refractivity (Wildman–Crippen MR) is 87.4 cm³/mol. The van der Waals surface area contributed by atoms with Gasteiger partial charge < -0.3 is 10.2 Å². The summed E-state index contributed by atoms with van der Waals surface area (Å²) >= 11 is 0. The molecular formula is C18H30N2. The first-order valence-corrected chi connectivity index (χ1v) is 8.11. The van der Waals surface area contributed by atoms with Crippen molar-refractivity contribution < 1.29 is 0 Å². The van der Waals surface area contributed by atoms with Gasteiger partial charge in [0.15, 0.2) is 0 Å². The summed E-state index contributed by atoms with van der Waals surface area (Å²) in [6.45, 7) is 13.9. The van der Waals surface area contributed by atoms with Gasteiger partial charge in [0.25, 0.3) is 0 Å². The summed E-state index contributed by atoms with van der Waals surface area (Å²) in [5.41, 5.74) is 5.69. The molecule has 0 amide bonds. The molecule has 1 unspecified atom stereocenters. The van der Waals surface area contributed by atoms with Gasteiger partial charge in [0.2, 0.25) is 0 Å². The van der Waals surface area contributed by atoms with Crippen molar-refractivity contribution in [3.8, 4) is 0 Å². The molecule has 0 spiro atoms. The van der Waals surface area contributed by atoms with Crippen molar-refractivity contribution in [2.45, 2.75) is 53.0 Å². The fourth-order valence-electron chi connectivity index (χ4n) is 3.60. The van der Waals surface area contributed by atoms with Crippen molar-refractivity contribution in [2.75, 3.05) is 26.2 Å². The van der Waals surface area contributed by atoms with Crippen molar-refractivity contribution in [3.05, 3.63) is 34.4 Å². The molecule has 1 aromatic rings. The molecule has 2 heteroatoms. The predicted octanol–water partition coefficient (Wildman–Crippen LogP) is 3.75. The maximum atomic E-state index is 3.70. The number of nitrogens with one attached hydrogen (secondary N) is 1. The summed E-state index contributed by atoms with van der Waals surface area (Å²) in [4.78, 5) is 2.59. The van der Waals surface area contributed by atoms with E-state index >= 15 is 0 Å². The van der Waals surface area contributed by atoms with Crippen LogP contribution < -0.4 is 5.32 Å². The van der Waals surface area contributed by atoms with E-state index < -0.39 is 0 Å². The first-order chi connectivity index (χ1) is 9.58. The zero-order chi connectivity index (χ0) is 14.5. The zero-order valence-corrected chi connectivity index (χ0v) is 13.6. The molecule has 1 aromatic carbocycles. The number of likely N-dealkylation sites (tertiary alicyclic amines) is 1. The van der Waals surface area contributed by atoms with Crippen LogP contribution in [0, 0.1) is 20.8 Å². The Hall–Kier alpha value is -0.860. The number of nitrogens with zero attached hydrogens (tertiary/aromatic N) is 1. The Labute approximate surface area is 124 Å². The molecule has 1 heterocycles. The molecule has 1 N–H and O–H groups in total. The molecule has 1 saturated heterocycles. The van der Waals surface area contributed by atoms with Crippen LogP contribution >= 0.6 is 0 Å². The van der Waals surface area contributed by atoms with Gasteiger partial charge in [0, 0.05) is 6.04 Å². The van der Waals surface area contributed by atoms with Crippen molar-refractivity contribution >= 4 is 0 Å². The molecule has 0 radical (unpaired) electrons. The van der Waals surface area contributed by atoms with Gasteiger partial charge in [-0.15, -0.1) is 0 Å². The van der Waals surface area contributed by atoms with Gasteiger partial charge in [-0.05, 0) is 89.8 Å². The van der Waals surface area contributed by atoms with Crippen molar-refractivity contribution in [3.63, 3.8) is 0 Å². The van der Waals surface area contributed by atoms with Crippen LogP contribution in [0.3, 0.4) is 0 Å². The van der Waals surface area contributed by atoms with Crippen LogP contribution in [0.4, 0.5) is 0 Å². The van der Waals surface area contributed by atoms with E-state index in [0.717, 1.165) is 6.54 Å². The summed E-state index contributed by atoms with van der Waals surface area (Å²) in [6.07, 6.45) is 4.05. The Morgan fingerprint density at radius 2 is 1.70 bits per heavy atom. The van der Waals surface area contributed by atoms with Crippen LogP contribution in [0.5, 0.6) is 0 Å². The van der Waals surface area contributed by atoms with E-state index in [1.165, 1.54) is 61.2 Å². The lowest BCUT2D eigenvalue weighted by molar-refractivity contribution is 0.328. The quantitative estimate of drug-likeness (QED) is 0.795. The van der Waals surface area contributed by atoms with Gasteiger partial charge >= 0.3 is 0 Å². The minimum atomic E-state index is 0.453. The Kier molecular flexibility index (Phi) is 5.62. The van der Waals surface area contributed by atoms with Crippen LogP contribution in [0.2, 0.25) is 0 Å². The maximum Gasteiger partial charge on any atom is 0.0297 e. The van der Waals surface area contributed by atoms with Crippen molar-refractivity contribution in [1.82, 2.24) is 10.2 Å². The highest BCUT2D eigenvalue weighted by molar-refractivity contribution is 5.39. The highest BCUT2D eigenvalue weighted by atomic mass is 15.1. The highest BCUT2D eigenvalue weighted by Crippen LogP contribution is 2.23. The summed E-state index contributed by atoms with van der Waals surface area (Å²) < 4.78 is 0.